The molecular formula is C28H34N2O3. The lowest BCUT2D eigenvalue weighted by Crippen LogP contribution is -2.51. The van der Waals surface area contributed by atoms with Gasteiger partial charge in [0, 0.05) is 11.3 Å². The van der Waals surface area contributed by atoms with E-state index in [1.807, 2.05) is 18.2 Å². The number of carboxylic acids is 1. The van der Waals surface area contributed by atoms with Crippen molar-refractivity contribution in [3.63, 3.8) is 0 Å². The number of amides is 1. The van der Waals surface area contributed by atoms with Crippen molar-refractivity contribution in [3.8, 4) is 0 Å². The number of carbonyl (C=O) groups is 2. The first-order valence-electron chi connectivity index (χ1n) is 11.3. The lowest BCUT2D eigenvalue weighted by Gasteiger charge is -2.36. The molecule has 0 unspecified atom stereocenters. The lowest BCUT2D eigenvalue weighted by molar-refractivity contribution is -0.930. The summed E-state index contributed by atoms with van der Waals surface area (Å²) < 4.78 is 0.765. The summed E-state index contributed by atoms with van der Waals surface area (Å²) in [4.78, 5) is 22.7. The molecule has 0 aliphatic rings. The molecule has 3 rings (SSSR count). The summed E-state index contributed by atoms with van der Waals surface area (Å²) in [5, 5.41) is 13.2. The van der Waals surface area contributed by atoms with E-state index in [1.165, 1.54) is 28.8 Å². The Balaban J connectivity index is 0.000000357. The molecule has 3 aromatic carbocycles. The highest BCUT2D eigenvalue weighted by Gasteiger charge is 2.27. The van der Waals surface area contributed by atoms with Gasteiger partial charge in [0.25, 0.3) is 5.91 Å². The van der Waals surface area contributed by atoms with Crippen LogP contribution in [-0.2, 0) is 11.3 Å². The summed E-state index contributed by atoms with van der Waals surface area (Å²) in [6, 6.07) is 24.6. The number of anilines is 1. The van der Waals surface area contributed by atoms with Gasteiger partial charge in [-0.25, -0.2) is 0 Å². The van der Waals surface area contributed by atoms with Crippen LogP contribution in [0.15, 0.2) is 78.9 Å². The van der Waals surface area contributed by atoms with Crippen LogP contribution >= 0.6 is 0 Å². The molecule has 0 atom stereocenters. The maximum Gasteiger partial charge on any atom is 0.279 e. The van der Waals surface area contributed by atoms with Gasteiger partial charge < -0.3 is 19.7 Å². The number of nitrogens with zero attached hydrogens (tertiary/aromatic N) is 1. The van der Waals surface area contributed by atoms with Crippen LogP contribution in [0.5, 0.6) is 0 Å². The van der Waals surface area contributed by atoms with E-state index >= 15 is 0 Å². The average molecular weight is 447 g/mol. The maximum absolute atomic E-state index is 12.6. The van der Waals surface area contributed by atoms with Crippen LogP contribution in [0.1, 0.15) is 40.9 Å². The second-order valence-corrected chi connectivity index (χ2v) is 8.28. The topological polar surface area (TPSA) is 69.2 Å². The number of benzene rings is 3. The lowest BCUT2D eigenvalue weighted by atomic mass is 10.1. The third-order valence-corrected chi connectivity index (χ3v) is 5.98. The van der Waals surface area contributed by atoms with Crippen LogP contribution in [0.4, 0.5) is 5.69 Å². The number of quaternary nitrogens is 1. The Morgan fingerprint density at radius 3 is 1.88 bits per heavy atom. The van der Waals surface area contributed by atoms with Gasteiger partial charge in [0.2, 0.25) is 0 Å². The minimum Gasteiger partial charge on any atom is -0.545 e. The number of aromatic carboxylic acids is 1. The first-order valence-corrected chi connectivity index (χ1v) is 11.3. The van der Waals surface area contributed by atoms with Gasteiger partial charge in [0.05, 0.1) is 19.1 Å². The fourth-order valence-corrected chi connectivity index (χ4v) is 3.60. The van der Waals surface area contributed by atoms with Crippen LogP contribution in [-0.4, -0.2) is 36.0 Å². The van der Waals surface area contributed by atoms with Crippen LogP contribution in [0.25, 0.3) is 0 Å². The predicted octanol–water partition coefficient (Wildman–Crippen LogP) is 4.35. The zero-order valence-corrected chi connectivity index (χ0v) is 20.0. The number of nitrogens with one attached hydrogen (secondary N) is 1. The zero-order chi connectivity index (χ0) is 24.3. The Morgan fingerprint density at radius 2 is 1.39 bits per heavy atom. The number of hydrogen-bond donors (Lipinski definition) is 1. The first kappa shape index (κ1) is 25.8. The quantitative estimate of drug-likeness (QED) is 0.523. The minimum atomic E-state index is -1.13. The van der Waals surface area contributed by atoms with Crippen molar-refractivity contribution in [2.45, 2.75) is 34.2 Å². The van der Waals surface area contributed by atoms with Crippen LogP contribution in [0.2, 0.25) is 0 Å². The largest absolute Gasteiger partial charge is 0.545 e. The van der Waals surface area contributed by atoms with E-state index in [0.29, 0.717) is 6.54 Å². The Bertz CT molecular complexity index is 1030. The number of aryl methyl sites for hydroxylation is 2. The fraction of sp³-hybridized carbons (Fsp3) is 0.286. The Labute approximate surface area is 197 Å². The number of carbonyl (C=O) groups excluding carboxylic acids is 2. The molecule has 0 saturated heterocycles. The smallest absolute Gasteiger partial charge is 0.279 e. The van der Waals surface area contributed by atoms with E-state index in [0.717, 1.165) is 29.8 Å². The Morgan fingerprint density at radius 1 is 0.818 bits per heavy atom. The van der Waals surface area contributed by atoms with Gasteiger partial charge >= 0.3 is 0 Å². The molecule has 3 aromatic rings. The second-order valence-electron chi connectivity index (χ2n) is 8.28. The molecule has 0 bridgehead atoms. The van der Waals surface area contributed by atoms with Gasteiger partial charge in [0.1, 0.15) is 6.54 Å². The monoisotopic (exact) mass is 446 g/mol. The molecule has 0 aliphatic heterocycles. The molecule has 0 saturated carbocycles. The molecule has 33 heavy (non-hydrogen) atoms. The summed E-state index contributed by atoms with van der Waals surface area (Å²) in [6.07, 6.45) is 0. The van der Waals surface area contributed by atoms with E-state index in [1.54, 1.807) is 18.2 Å². The molecule has 1 amide bonds. The summed E-state index contributed by atoms with van der Waals surface area (Å²) in [7, 11) is 0. The summed E-state index contributed by atoms with van der Waals surface area (Å²) >= 11 is 0. The molecule has 5 nitrogen and oxygen atoms in total. The molecule has 0 spiro atoms. The summed E-state index contributed by atoms with van der Waals surface area (Å²) in [5.41, 5.74) is 4.82. The molecule has 0 aromatic heterocycles. The van der Waals surface area contributed by atoms with E-state index in [9.17, 15) is 14.7 Å². The molecule has 0 heterocycles. The zero-order valence-electron chi connectivity index (χ0n) is 20.0. The van der Waals surface area contributed by atoms with Crippen molar-refractivity contribution < 1.29 is 19.2 Å². The highest BCUT2D eigenvalue weighted by atomic mass is 16.4. The molecule has 0 fully saturated rings. The fourth-order valence-electron chi connectivity index (χ4n) is 3.60. The molecule has 0 radical (unpaired) electrons. The highest BCUT2D eigenvalue weighted by molar-refractivity contribution is 5.91. The third-order valence-electron chi connectivity index (χ3n) is 5.98. The minimum absolute atomic E-state index is 0.0814. The normalized spacial score (nSPS) is 10.7. The van der Waals surface area contributed by atoms with E-state index < -0.39 is 5.97 Å². The third kappa shape index (κ3) is 8.20. The van der Waals surface area contributed by atoms with Gasteiger partial charge in [0.15, 0.2) is 6.54 Å². The van der Waals surface area contributed by atoms with Crippen molar-refractivity contribution in [3.05, 3.63) is 101 Å². The average Bonchev–Trinajstić information content (AvgIpc) is 2.82. The van der Waals surface area contributed by atoms with Crippen molar-refractivity contribution >= 4 is 17.6 Å². The van der Waals surface area contributed by atoms with Crippen molar-refractivity contribution in [2.75, 3.05) is 25.0 Å². The first-order chi connectivity index (χ1) is 15.8. The van der Waals surface area contributed by atoms with Crippen molar-refractivity contribution in [1.82, 2.24) is 0 Å². The number of carboxylic acid groups (broad SMARTS) is 1. The SMILES string of the molecule is CC[N+](CC)(CC(=O)Nc1ccc(C)c(C)c1)Cc1ccccc1.O=C([O-])c1ccccc1. The standard InChI is InChI=1S/C21H28N2O.C7H6O2/c1-5-23(6-2,15-19-10-8-7-9-11-19)16-21(24)22-20-13-12-17(3)18(4)14-20;8-7(9)6-4-2-1-3-5-6/h7-14H,5-6,15-16H2,1-4H3;1-5H,(H,8,9). The van der Waals surface area contributed by atoms with Crippen LogP contribution in [0, 0.1) is 13.8 Å². The van der Waals surface area contributed by atoms with Gasteiger partial charge in [-0.2, -0.15) is 0 Å². The van der Waals surface area contributed by atoms with Gasteiger partial charge in [-0.15, -0.1) is 0 Å². The Kier molecular flexibility index (Phi) is 9.83. The van der Waals surface area contributed by atoms with E-state index in [-0.39, 0.29) is 11.5 Å². The van der Waals surface area contributed by atoms with Crippen molar-refractivity contribution in [1.29, 1.82) is 0 Å². The maximum atomic E-state index is 12.6. The number of likely N-dealkylation sites (N-methyl/N-ethyl adjacent to an activating group) is 1. The molecule has 174 valence electrons. The van der Waals surface area contributed by atoms with Gasteiger partial charge in [-0.05, 0) is 56.5 Å². The van der Waals surface area contributed by atoms with Crippen LogP contribution < -0.4 is 10.4 Å². The van der Waals surface area contributed by atoms with E-state index in [4.69, 9.17) is 0 Å². The molecule has 1 N–H and O–H groups in total. The number of rotatable bonds is 8. The molecule has 0 aliphatic carbocycles. The highest BCUT2D eigenvalue weighted by Crippen LogP contribution is 2.17. The summed E-state index contributed by atoms with van der Waals surface area (Å²) in [6.45, 7) is 11.7. The second kappa shape index (κ2) is 12.6. The summed E-state index contributed by atoms with van der Waals surface area (Å²) in [5.74, 6) is -1.05. The van der Waals surface area contributed by atoms with Gasteiger partial charge in [-0.1, -0.05) is 66.7 Å². The Hall–Kier alpha value is -3.44. The molecule has 5 heteroatoms. The van der Waals surface area contributed by atoms with Crippen molar-refractivity contribution in [2.24, 2.45) is 0 Å². The van der Waals surface area contributed by atoms with Crippen LogP contribution in [0.3, 0.4) is 0 Å². The molecular weight excluding hydrogens is 412 g/mol. The van der Waals surface area contributed by atoms with Gasteiger partial charge in [-0.3, -0.25) is 4.79 Å². The van der Waals surface area contributed by atoms with E-state index in [2.05, 4.69) is 63.3 Å². The predicted molar refractivity (Wildman–Crippen MR) is 132 cm³/mol. The number of hydrogen-bond acceptors (Lipinski definition) is 3.